The molecule has 0 spiro atoms. The zero-order valence-corrected chi connectivity index (χ0v) is 18.9. The summed E-state index contributed by atoms with van der Waals surface area (Å²) in [6.45, 7) is 4.51. The summed E-state index contributed by atoms with van der Waals surface area (Å²) in [7, 11) is -3.44. The number of aryl methyl sites for hydroxylation is 1. The molecule has 2 aromatic carbocycles. The number of benzene rings is 2. The molecule has 0 saturated carbocycles. The first-order chi connectivity index (χ1) is 14.8. The number of anilines is 2. The molecular formula is C23H30FN3O3S. The fourth-order valence-electron chi connectivity index (χ4n) is 3.82. The Morgan fingerprint density at radius 3 is 2.26 bits per heavy atom. The normalized spacial score (nSPS) is 14.5. The number of sulfonamides is 1. The summed E-state index contributed by atoms with van der Waals surface area (Å²) in [4.78, 5) is 16.3. The lowest BCUT2D eigenvalue weighted by Gasteiger charge is -2.36. The van der Waals surface area contributed by atoms with Gasteiger partial charge in [-0.1, -0.05) is 31.2 Å². The first-order valence-corrected chi connectivity index (χ1v) is 12.5. The third-order valence-electron chi connectivity index (χ3n) is 5.61. The van der Waals surface area contributed by atoms with Crippen molar-refractivity contribution in [2.45, 2.75) is 26.2 Å². The summed E-state index contributed by atoms with van der Waals surface area (Å²) >= 11 is 0. The lowest BCUT2D eigenvalue weighted by Crippen LogP contribution is -2.49. The number of amides is 1. The van der Waals surface area contributed by atoms with Crippen LogP contribution in [0.1, 0.15) is 25.3 Å². The maximum absolute atomic E-state index is 14.0. The zero-order chi connectivity index (χ0) is 22.4. The van der Waals surface area contributed by atoms with Gasteiger partial charge in [0.15, 0.2) is 0 Å². The summed E-state index contributed by atoms with van der Waals surface area (Å²) in [5.74, 6) is -0.252. The molecule has 1 heterocycles. The average molecular weight is 448 g/mol. The Morgan fingerprint density at radius 1 is 1.03 bits per heavy atom. The van der Waals surface area contributed by atoms with Crippen molar-refractivity contribution >= 4 is 27.3 Å². The van der Waals surface area contributed by atoms with Gasteiger partial charge in [0.1, 0.15) is 5.82 Å². The van der Waals surface area contributed by atoms with E-state index in [1.54, 1.807) is 23.1 Å². The second-order valence-electron chi connectivity index (χ2n) is 7.78. The highest BCUT2D eigenvalue weighted by atomic mass is 32.2. The van der Waals surface area contributed by atoms with Gasteiger partial charge in [-0.05, 0) is 42.7 Å². The molecule has 8 heteroatoms. The van der Waals surface area contributed by atoms with Gasteiger partial charge < -0.3 is 9.80 Å². The third-order valence-corrected chi connectivity index (χ3v) is 6.80. The number of halogens is 1. The van der Waals surface area contributed by atoms with Crippen molar-refractivity contribution in [2.24, 2.45) is 0 Å². The van der Waals surface area contributed by atoms with Gasteiger partial charge in [0.25, 0.3) is 0 Å². The Morgan fingerprint density at radius 2 is 1.68 bits per heavy atom. The fourth-order valence-corrected chi connectivity index (χ4v) is 4.79. The quantitative estimate of drug-likeness (QED) is 0.623. The van der Waals surface area contributed by atoms with Gasteiger partial charge in [-0.2, -0.15) is 0 Å². The Hall–Kier alpha value is -2.61. The summed E-state index contributed by atoms with van der Waals surface area (Å²) in [5.41, 5.74) is 2.32. The van der Waals surface area contributed by atoms with Crippen LogP contribution in [-0.2, 0) is 21.2 Å². The van der Waals surface area contributed by atoms with E-state index in [1.807, 2.05) is 36.1 Å². The Labute approximate surface area is 184 Å². The summed E-state index contributed by atoms with van der Waals surface area (Å²) in [6.07, 6.45) is 2.79. The molecule has 0 aliphatic carbocycles. The Kier molecular flexibility index (Phi) is 7.54. The van der Waals surface area contributed by atoms with Crippen LogP contribution >= 0.6 is 0 Å². The molecule has 0 radical (unpaired) electrons. The van der Waals surface area contributed by atoms with E-state index in [0.717, 1.165) is 12.0 Å². The largest absolute Gasteiger partial charge is 0.366 e. The highest BCUT2D eigenvalue weighted by Crippen LogP contribution is 2.21. The van der Waals surface area contributed by atoms with Crippen LogP contribution in [-0.4, -0.2) is 58.2 Å². The molecule has 3 rings (SSSR count). The maximum Gasteiger partial charge on any atom is 0.232 e. The van der Waals surface area contributed by atoms with Crippen LogP contribution in [0.2, 0.25) is 0 Å². The van der Waals surface area contributed by atoms with Gasteiger partial charge in [-0.15, -0.1) is 0 Å². The van der Waals surface area contributed by atoms with Crippen molar-refractivity contribution in [3.8, 4) is 0 Å². The van der Waals surface area contributed by atoms with Gasteiger partial charge >= 0.3 is 0 Å². The molecule has 2 aromatic rings. The van der Waals surface area contributed by atoms with Crippen LogP contribution in [0.4, 0.5) is 15.8 Å². The molecule has 1 aliphatic heterocycles. The van der Waals surface area contributed by atoms with Gasteiger partial charge in [-0.3, -0.25) is 9.10 Å². The Bertz CT molecular complexity index is 987. The van der Waals surface area contributed by atoms with Gasteiger partial charge in [0.05, 0.1) is 17.6 Å². The number of hydrogen-bond donors (Lipinski definition) is 0. The number of para-hydroxylation sites is 1. The number of hydrogen-bond acceptors (Lipinski definition) is 4. The molecular weight excluding hydrogens is 417 g/mol. The Balaban J connectivity index is 1.52. The van der Waals surface area contributed by atoms with Crippen LogP contribution < -0.4 is 9.21 Å². The molecule has 0 atom stereocenters. The third kappa shape index (κ3) is 5.97. The van der Waals surface area contributed by atoms with E-state index in [1.165, 1.54) is 16.6 Å². The van der Waals surface area contributed by atoms with E-state index >= 15 is 0 Å². The van der Waals surface area contributed by atoms with Crippen LogP contribution in [0, 0.1) is 5.82 Å². The molecule has 0 aromatic heterocycles. The number of carbonyl (C=O) groups is 1. The maximum atomic E-state index is 14.0. The molecule has 1 saturated heterocycles. The van der Waals surface area contributed by atoms with Crippen molar-refractivity contribution in [1.29, 1.82) is 0 Å². The standard InChI is InChI=1S/C23H30FN3O3S/c1-3-19-10-12-20(13-11-19)27(31(2,29)30)14-6-9-23(28)26-17-15-25(16-18-26)22-8-5-4-7-21(22)24/h4-5,7-8,10-13H,3,6,9,14-18H2,1-2H3. The van der Waals surface area contributed by atoms with E-state index in [9.17, 15) is 17.6 Å². The second-order valence-corrected chi connectivity index (χ2v) is 9.68. The monoisotopic (exact) mass is 447 g/mol. The summed E-state index contributed by atoms with van der Waals surface area (Å²) < 4.78 is 39.8. The van der Waals surface area contributed by atoms with Crippen molar-refractivity contribution < 1.29 is 17.6 Å². The number of piperazine rings is 1. The molecule has 0 N–H and O–H groups in total. The smallest absolute Gasteiger partial charge is 0.232 e. The molecule has 31 heavy (non-hydrogen) atoms. The van der Waals surface area contributed by atoms with Crippen molar-refractivity contribution in [3.63, 3.8) is 0 Å². The minimum Gasteiger partial charge on any atom is -0.366 e. The van der Waals surface area contributed by atoms with Crippen molar-refractivity contribution in [3.05, 3.63) is 59.9 Å². The minimum absolute atomic E-state index is 0.00275. The van der Waals surface area contributed by atoms with Crippen LogP contribution in [0.15, 0.2) is 48.5 Å². The molecule has 1 aliphatic rings. The van der Waals surface area contributed by atoms with Gasteiger partial charge in [-0.25, -0.2) is 12.8 Å². The fraction of sp³-hybridized carbons (Fsp3) is 0.435. The van der Waals surface area contributed by atoms with Gasteiger partial charge in [0, 0.05) is 39.1 Å². The van der Waals surface area contributed by atoms with Gasteiger partial charge in [0.2, 0.25) is 15.9 Å². The van der Waals surface area contributed by atoms with E-state index in [2.05, 4.69) is 0 Å². The highest BCUT2D eigenvalue weighted by Gasteiger charge is 2.23. The van der Waals surface area contributed by atoms with Crippen LogP contribution in [0.25, 0.3) is 0 Å². The molecule has 0 bridgehead atoms. The minimum atomic E-state index is -3.44. The number of nitrogens with zero attached hydrogens (tertiary/aromatic N) is 3. The predicted octanol–water partition coefficient (Wildman–Crippen LogP) is 3.28. The van der Waals surface area contributed by atoms with E-state index < -0.39 is 10.0 Å². The summed E-state index contributed by atoms with van der Waals surface area (Å²) in [6, 6.07) is 14.1. The van der Waals surface area contributed by atoms with Crippen LogP contribution in [0.3, 0.4) is 0 Å². The molecule has 1 fully saturated rings. The molecule has 1 amide bonds. The van der Waals surface area contributed by atoms with Crippen molar-refractivity contribution in [1.82, 2.24) is 4.90 Å². The zero-order valence-electron chi connectivity index (χ0n) is 18.1. The van der Waals surface area contributed by atoms with E-state index in [-0.39, 0.29) is 24.7 Å². The molecule has 0 unspecified atom stereocenters. The summed E-state index contributed by atoms with van der Waals surface area (Å²) in [5, 5.41) is 0. The lowest BCUT2D eigenvalue weighted by atomic mass is 10.1. The van der Waals surface area contributed by atoms with Crippen molar-refractivity contribution in [2.75, 3.05) is 48.2 Å². The average Bonchev–Trinajstić information content (AvgIpc) is 2.76. The number of carbonyl (C=O) groups excluding carboxylic acids is 1. The second kappa shape index (κ2) is 10.1. The first kappa shape index (κ1) is 23.1. The highest BCUT2D eigenvalue weighted by molar-refractivity contribution is 7.92. The molecule has 168 valence electrons. The van der Waals surface area contributed by atoms with E-state index in [0.29, 0.717) is 44.0 Å². The SMILES string of the molecule is CCc1ccc(N(CCCC(=O)N2CCN(c3ccccc3F)CC2)S(C)(=O)=O)cc1. The van der Waals surface area contributed by atoms with Crippen LogP contribution in [0.5, 0.6) is 0 Å². The molecule has 6 nitrogen and oxygen atoms in total. The van der Waals surface area contributed by atoms with E-state index in [4.69, 9.17) is 0 Å². The first-order valence-electron chi connectivity index (χ1n) is 10.6. The topological polar surface area (TPSA) is 60.9 Å². The lowest BCUT2D eigenvalue weighted by molar-refractivity contribution is -0.131. The predicted molar refractivity (Wildman–Crippen MR) is 122 cm³/mol. The number of rotatable bonds is 8.